The van der Waals surface area contributed by atoms with Gasteiger partial charge in [0, 0.05) is 23.0 Å². The normalized spacial score (nSPS) is 11.0. The largest absolute Gasteiger partial charge is 0.301 e. The first-order valence-corrected chi connectivity index (χ1v) is 9.44. The first-order chi connectivity index (χ1) is 11.1. The van der Waals surface area contributed by atoms with Crippen molar-refractivity contribution in [1.29, 1.82) is 0 Å². The maximum Gasteiger partial charge on any atom is 0.227 e. The van der Waals surface area contributed by atoms with Crippen molar-refractivity contribution >= 4 is 34.1 Å². The summed E-state index contributed by atoms with van der Waals surface area (Å²) in [4.78, 5) is 12.5. The fraction of sp³-hybridized carbons (Fsp3) is 0.438. The molecule has 1 heterocycles. The maximum atomic E-state index is 13.5. The Hall–Kier alpha value is -1.47. The van der Waals surface area contributed by atoms with E-state index in [-0.39, 0.29) is 11.7 Å². The van der Waals surface area contributed by atoms with Crippen molar-refractivity contribution < 1.29 is 9.18 Å². The van der Waals surface area contributed by atoms with Gasteiger partial charge >= 0.3 is 0 Å². The Morgan fingerprint density at radius 2 is 2.04 bits per heavy atom. The molecule has 0 atom stereocenters. The van der Waals surface area contributed by atoms with Crippen LogP contribution in [0.2, 0.25) is 0 Å². The van der Waals surface area contributed by atoms with Crippen molar-refractivity contribution in [2.45, 2.75) is 43.9 Å². The van der Waals surface area contributed by atoms with Gasteiger partial charge in [-0.2, -0.15) is 0 Å². The van der Waals surface area contributed by atoms with E-state index in [1.165, 1.54) is 29.2 Å². The Balaban J connectivity index is 1.80. The van der Waals surface area contributed by atoms with Gasteiger partial charge in [-0.05, 0) is 25.0 Å². The Labute approximate surface area is 143 Å². The molecule has 0 bridgehead atoms. The third kappa shape index (κ3) is 5.28. The summed E-state index contributed by atoms with van der Waals surface area (Å²) in [6.45, 7) is 4.24. The molecule has 1 N–H and O–H groups in total. The van der Waals surface area contributed by atoms with E-state index >= 15 is 0 Å². The van der Waals surface area contributed by atoms with Crippen LogP contribution in [0.25, 0.3) is 0 Å². The van der Waals surface area contributed by atoms with Gasteiger partial charge in [-0.1, -0.05) is 37.3 Å². The number of carbonyl (C=O) groups excluding carboxylic acids is 1. The van der Waals surface area contributed by atoms with Gasteiger partial charge in [-0.25, -0.2) is 4.39 Å². The molecule has 0 aliphatic heterocycles. The molecule has 2 rings (SSSR count). The van der Waals surface area contributed by atoms with E-state index in [4.69, 9.17) is 0 Å². The molecule has 0 spiro atoms. The highest BCUT2D eigenvalue weighted by molar-refractivity contribution is 7.99. The standard InChI is InChI=1S/C16H20FN3OS2/c1-3-11(4-2)15-19-20-16(23-15)18-14(21)9-10-22-13-8-6-5-7-12(13)17/h5-8,11H,3-4,9-10H2,1-2H3,(H,18,20,21). The molecule has 7 heteroatoms. The van der Waals surface area contributed by atoms with E-state index in [0.29, 0.717) is 28.1 Å². The second kappa shape index (κ2) is 8.98. The first kappa shape index (κ1) is 17.9. The number of benzene rings is 1. The van der Waals surface area contributed by atoms with Crippen LogP contribution in [0.4, 0.5) is 9.52 Å². The molecule has 2 aromatic rings. The van der Waals surface area contributed by atoms with Crippen LogP contribution in [0.5, 0.6) is 0 Å². The number of hydrogen-bond acceptors (Lipinski definition) is 5. The van der Waals surface area contributed by atoms with Crippen LogP contribution in [-0.4, -0.2) is 21.9 Å². The van der Waals surface area contributed by atoms with Crippen LogP contribution in [0.3, 0.4) is 0 Å². The van der Waals surface area contributed by atoms with Crippen LogP contribution in [0.15, 0.2) is 29.2 Å². The van der Waals surface area contributed by atoms with E-state index in [1.54, 1.807) is 18.2 Å². The predicted molar refractivity (Wildman–Crippen MR) is 93.6 cm³/mol. The third-order valence-corrected chi connectivity index (χ3v) is 5.50. The zero-order valence-electron chi connectivity index (χ0n) is 13.2. The fourth-order valence-electron chi connectivity index (χ4n) is 2.09. The molecule has 0 aliphatic carbocycles. The lowest BCUT2D eigenvalue weighted by molar-refractivity contribution is -0.115. The monoisotopic (exact) mass is 353 g/mol. The number of nitrogens with zero attached hydrogens (tertiary/aromatic N) is 2. The number of anilines is 1. The molecule has 23 heavy (non-hydrogen) atoms. The second-order valence-corrected chi connectivity index (χ2v) is 7.18. The molecule has 0 fully saturated rings. The highest BCUT2D eigenvalue weighted by Gasteiger charge is 2.14. The highest BCUT2D eigenvalue weighted by atomic mass is 32.2. The summed E-state index contributed by atoms with van der Waals surface area (Å²) in [5, 5.41) is 12.4. The summed E-state index contributed by atoms with van der Waals surface area (Å²) >= 11 is 2.76. The molecule has 0 unspecified atom stereocenters. The number of carbonyl (C=O) groups is 1. The van der Waals surface area contributed by atoms with Crippen LogP contribution < -0.4 is 5.32 Å². The molecule has 0 saturated heterocycles. The summed E-state index contributed by atoms with van der Waals surface area (Å²) in [5.74, 6) is 0.540. The maximum absolute atomic E-state index is 13.5. The summed E-state index contributed by atoms with van der Waals surface area (Å²) < 4.78 is 13.5. The minimum absolute atomic E-state index is 0.124. The van der Waals surface area contributed by atoms with Gasteiger partial charge in [-0.3, -0.25) is 4.79 Å². The van der Waals surface area contributed by atoms with Crippen molar-refractivity contribution in [3.8, 4) is 0 Å². The fourth-order valence-corrected chi connectivity index (χ4v) is 4.00. The number of thioether (sulfide) groups is 1. The average Bonchev–Trinajstić information content (AvgIpc) is 2.99. The lowest BCUT2D eigenvalue weighted by atomic mass is 10.1. The third-order valence-electron chi connectivity index (χ3n) is 3.45. The van der Waals surface area contributed by atoms with Crippen molar-refractivity contribution in [2.24, 2.45) is 0 Å². The van der Waals surface area contributed by atoms with Crippen molar-refractivity contribution in [2.75, 3.05) is 11.1 Å². The number of amides is 1. The predicted octanol–water partition coefficient (Wildman–Crippen LogP) is 4.70. The Bertz CT molecular complexity index is 644. The summed E-state index contributed by atoms with van der Waals surface area (Å²) in [5.41, 5.74) is 0. The second-order valence-electron chi connectivity index (χ2n) is 5.04. The Kier molecular flexibility index (Phi) is 6.98. The Morgan fingerprint density at radius 1 is 1.30 bits per heavy atom. The van der Waals surface area contributed by atoms with E-state index in [9.17, 15) is 9.18 Å². The minimum atomic E-state index is -0.253. The first-order valence-electron chi connectivity index (χ1n) is 7.64. The number of aromatic nitrogens is 2. The summed E-state index contributed by atoms with van der Waals surface area (Å²) in [6, 6.07) is 6.57. The lowest BCUT2D eigenvalue weighted by Crippen LogP contribution is -2.12. The number of halogens is 1. The number of rotatable bonds is 8. The molecule has 1 aromatic heterocycles. The lowest BCUT2D eigenvalue weighted by Gasteiger charge is -2.05. The molecular formula is C16H20FN3OS2. The van der Waals surface area contributed by atoms with Crippen LogP contribution in [0.1, 0.15) is 44.0 Å². The molecule has 0 aliphatic rings. The topological polar surface area (TPSA) is 54.9 Å². The molecule has 4 nitrogen and oxygen atoms in total. The van der Waals surface area contributed by atoms with Gasteiger partial charge in [0.05, 0.1) is 0 Å². The molecule has 124 valence electrons. The summed E-state index contributed by atoms with van der Waals surface area (Å²) in [6.07, 6.45) is 2.33. The van der Waals surface area contributed by atoms with E-state index in [0.717, 1.165) is 17.8 Å². The van der Waals surface area contributed by atoms with Crippen LogP contribution in [-0.2, 0) is 4.79 Å². The van der Waals surface area contributed by atoms with Crippen molar-refractivity contribution in [1.82, 2.24) is 10.2 Å². The quantitative estimate of drug-likeness (QED) is 0.699. The average molecular weight is 353 g/mol. The summed E-state index contributed by atoms with van der Waals surface area (Å²) in [7, 11) is 0. The molecular weight excluding hydrogens is 333 g/mol. The van der Waals surface area contributed by atoms with Gasteiger partial charge in [-0.15, -0.1) is 22.0 Å². The number of nitrogens with one attached hydrogen (secondary N) is 1. The number of hydrogen-bond donors (Lipinski definition) is 1. The SMILES string of the molecule is CCC(CC)c1nnc(NC(=O)CCSc2ccccc2F)s1. The zero-order chi connectivity index (χ0) is 16.7. The zero-order valence-corrected chi connectivity index (χ0v) is 14.8. The van der Waals surface area contributed by atoms with E-state index < -0.39 is 0 Å². The Morgan fingerprint density at radius 3 is 2.74 bits per heavy atom. The molecule has 1 aromatic carbocycles. The van der Waals surface area contributed by atoms with Gasteiger partial charge in [0.2, 0.25) is 11.0 Å². The van der Waals surface area contributed by atoms with E-state index in [2.05, 4.69) is 29.4 Å². The smallest absolute Gasteiger partial charge is 0.227 e. The van der Waals surface area contributed by atoms with Crippen LogP contribution >= 0.6 is 23.1 Å². The molecule has 0 saturated carbocycles. The highest BCUT2D eigenvalue weighted by Crippen LogP contribution is 2.28. The van der Waals surface area contributed by atoms with Gasteiger partial charge in [0.15, 0.2) is 0 Å². The minimum Gasteiger partial charge on any atom is -0.301 e. The van der Waals surface area contributed by atoms with E-state index in [1.807, 2.05) is 0 Å². The van der Waals surface area contributed by atoms with Gasteiger partial charge < -0.3 is 5.32 Å². The van der Waals surface area contributed by atoms with Gasteiger partial charge in [0.1, 0.15) is 10.8 Å². The van der Waals surface area contributed by atoms with Crippen molar-refractivity contribution in [3.05, 3.63) is 35.1 Å². The van der Waals surface area contributed by atoms with Crippen LogP contribution in [0, 0.1) is 5.82 Å². The molecule has 0 radical (unpaired) electrons. The van der Waals surface area contributed by atoms with Crippen molar-refractivity contribution in [3.63, 3.8) is 0 Å². The molecule has 1 amide bonds. The van der Waals surface area contributed by atoms with Gasteiger partial charge in [0.25, 0.3) is 0 Å².